The van der Waals surface area contributed by atoms with E-state index in [1.807, 2.05) is 0 Å². The molecule has 1 heterocycles. The van der Waals surface area contributed by atoms with E-state index in [9.17, 15) is 13.2 Å². The fourth-order valence-electron chi connectivity index (χ4n) is 1.27. The Bertz CT molecular complexity index is 568. The lowest BCUT2D eigenvalue weighted by molar-refractivity contribution is -0.159. The highest BCUT2D eigenvalue weighted by atomic mass is 79.9. The van der Waals surface area contributed by atoms with Crippen LogP contribution in [0.2, 0.25) is 0 Å². The molecule has 0 saturated carbocycles. The number of hydrogen-bond donors (Lipinski definition) is 1. The van der Waals surface area contributed by atoms with E-state index < -0.39 is 12.1 Å². The molecule has 0 unspecified atom stereocenters. The number of hydrogen-bond acceptors (Lipinski definition) is 4. The summed E-state index contributed by atoms with van der Waals surface area (Å²) >= 11 is 3.18. The molecule has 0 aliphatic heterocycles. The normalized spacial score (nSPS) is 11.8. The average molecular weight is 323 g/mol. The minimum Gasteiger partial charge on any atom is -0.392 e. The molecule has 0 atom stereocenters. The third-order valence-electron chi connectivity index (χ3n) is 2.15. The molecule has 2 aromatic rings. The van der Waals surface area contributed by atoms with E-state index in [4.69, 9.17) is 5.11 Å². The lowest BCUT2D eigenvalue weighted by Gasteiger charge is -2.01. The fourth-order valence-corrected chi connectivity index (χ4v) is 1.77. The Morgan fingerprint density at radius 1 is 1.33 bits per heavy atom. The Balaban J connectivity index is 2.38. The summed E-state index contributed by atoms with van der Waals surface area (Å²) in [5.41, 5.74) is 0.969. The Labute approximate surface area is 108 Å². The van der Waals surface area contributed by atoms with Crippen molar-refractivity contribution >= 4 is 15.9 Å². The van der Waals surface area contributed by atoms with Gasteiger partial charge < -0.3 is 9.63 Å². The molecule has 18 heavy (non-hydrogen) atoms. The quantitative estimate of drug-likeness (QED) is 0.923. The van der Waals surface area contributed by atoms with Gasteiger partial charge in [-0.2, -0.15) is 18.2 Å². The van der Waals surface area contributed by atoms with Gasteiger partial charge in [-0.1, -0.05) is 33.2 Å². The van der Waals surface area contributed by atoms with E-state index >= 15 is 0 Å². The zero-order valence-corrected chi connectivity index (χ0v) is 10.3. The van der Waals surface area contributed by atoms with Gasteiger partial charge in [-0.05, 0) is 11.6 Å². The van der Waals surface area contributed by atoms with Crippen molar-refractivity contribution in [1.82, 2.24) is 10.1 Å². The lowest BCUT2D eigenvalue weighted by Crippen LogP contribution is -2.04. The second kappa shape index (κ2) is 4.69. The highest BCUT2D eigenvalue weighted by Crippen LogP contribution is 2.30. The Morgan fingerprint density at radius 2 is 2.06 bits per heavy atom. The molecular weight excluding hydrogens is 317 g/mol. The van der Waals surface area contributed by atoms with Gasteiger partial charge in [0.05, 0.1) is 6.61 Å². The van der Waals surface area contributed by atoms with Gasteiger partial charge in [0.15, 0.2) is 0 Å². The molecule has 0 radical (unpaired) electrons. The molecule has 0 saturated heterocycles. The molecular formula is C10H6BrF3N2O2. The maximum absolute atomic E-state index is 12.3. The van der Waals surface area contributed by atoms with Crippen LogP contribution in [0.4, 0.5) is 13.2 Å². The number of halogens is 4. The predicted molar refractivity (Wildman–Crippen MR) is 58.4 cm³/mol. The van der Waals surface area contributed by atoms with E-state index in [2.05, 4.69) is 30.6 Å². The molecule has 1 aromatic carbocycles. The molecule has 1 aromatic heterocycles. The molecule has 0 amide bonds. The smallest absolute Gasteiger partial charge is 0.392 e. The van der Waals surface area contributed by atoms with E-state index in [1.54, 1.807) is 6.07 Å². The third-order valence-corrected chi connectivity index (χ3v) is 2.89. The highest BCUT2D eigenvalue weighted by Gasteiger charge is 2.38. The Hall–Kier alpha value is -1.41. The van der Waals surface area contributed by atoms with Crippen LogP contribution in [0.15, 0.2) is 27.2 Å². The van der Waals surface area contributed by atoms with Crippen LogP contribution in [0, 0.1) is 0 Å². The number of aromatic nitrogens is 2. The Morgan fingerprint density at radius 3 is 2.56 bits per heavy atom. The van der Waals surface area contributed by atoms with Crippen LogP contribution >= 0.6 is 15.9 Å². The summed E-state index contributed by atoms with van der Waals surface area (Å²) in [5, 5.41) is 12.2. The molecule has 96 valence electrons. The zero-order chi connectivity index (χ0) is 13.3. The topological polar surface area (TPSA) is 59.2 Å². The summed E-state index contributed by atoms with van der Waals surface area (Å²) in [6.45, 7) is -0.180. The molecule has 2 rings (SSSR count). The maximum Gasteiger partial charge on any atom is 0.471 e. The first-order valence-electron chi connectivity index (χ1n) is 4.72. The number of nitrogens with zero attached hydrogens (tertiary/aromatic N) is 2. The fraction of sp³-hybridized carbons (Fsp3) is 0.200. The van der Waals surface area contributed by atoms with Crippen LogP contribution < -0.4 is 0 Å². The van der Waals surface area contributed by atoms with Gasteiger partial charge in [-0.3, -0.25) is 0 Å². The van der Waals surface area contributed by atoms with Crippen molar-refractivity contribution in [1.29, 1.82) is 0 Å². The average Bonchev–Trinajstić information content (AvgIpc) is 2.77. The Kier molecular flexibility index (Phi) is 3.40. The van der Waals surface area contributed by atoms with Gasteiger partial charge in [-0.15, -0.1) is 0 Å². The summed E-state index contributed by atoms with van der Waals surface area (Å²) < 4.78 is 41.5. The third kappa shape index (κ3) is 2.54. The summed E-state index contributed by atoms with van der Waals surface area (Å²) in [4.78, 5) is 3.26. The minimum atomic E-state index is -4.66. The minimum absolute atomic E-state index is 0.160. The molecule has 1 N–H and O–H groups in total. The summed E-state index contributed by atoms with van der Waals surface area (Å²) in [5.74, 6) is -1.55. The van der Waals surface area contributed by atoms with Crippen molar-refractivity contribution in [3.05, 3.63) is 34.1 Å². The molecule has 0 aliphatic carbocycles. The molecule has 0 fully saturated rings. The monoisotopic (exact) mass is 322 g/mol. The number of rotatable bonds is 2. The number of aliphatic hydroxyl groups excluding tert-OH is 1. The number of aliphatic hydroxyl groups is 1. The first-order chi connectivity index (χ1) is 8.41. The molecule has 4 nitrogen and oxygen atoms in total. The van der Waals surface area contributed by atoms with E-state index in [-0.39, 0.29) is 12.4 Å². The number of benzene rings is 1. The second-order valence-corrected chi connectivity index (χ2v) is 4.24. The lowest BCUT2D eigenvalue weighted by atomic mass is 10.1. The summed E-state index contributed by atoms with van der Waals surface area (Å²) in [7, 11) is 0. The first kappa shape index (κ1) is 13.0. The predicted octanol–water partition coefficient (Wildman–Crippen LogP) is 3.01. The molecule has 0 bridgehead atoms. The highest BCUT2D eigenvalue weighted by molar-refractivity contribution is 9.10. The van der Waals surface area contributed by atoms with Crippen molar-refractivity contribution < 1.29 is 22.8 Å². The van der Waals surface area contributed by atoms with Gasteiger partial charge >= 0.3 is 12.1 Å². The van der Waals surface area contributed by atoms with Gasteiger partial charge in [-0.25, -0.2) is 0 Å². The van der Waals surface area contributed by atoms with Crippen LogP contribution in [-0.2, 0) is 12.8 Å². The molecule has 0 spiro atoms. The van der Waals surface area contributed by atoms with Crippen molar-refractivity contribution in [2.75, 3.05) is 0 Å². The van der Waals surface area contributed by atoms with Gasteiger partial charge in [0, 0.05) is 10.0 Å². The molecule has 0 aliphatic rings. The van der Waals surface area contributed by atoms with E-state index in [0.717, 1.165) is 0 Å². The largest absolute Gasteiger partial charge is 0.471 e. The standard InChI is InChI=1S/C10H6BrF3N2O2/c11-7-3-5(1-2-6(7)4-17)8-15-9(18-16-8)10(12,13)14/h1-3,17H,4H2. The zero-order valence-electron chi connectivity index (χ0n) is 8.70. The van der Waals surface area contributed by atoms with Crippen LogP contribution in [-0.4, -0.2) is 15.2 Å². The van der Waals surface area contributed by atoms with E-state index in [1.165, 1.54) is 12.1 Å². The van der Waals surface area contributed by atoms with Crippen LogP contribution in [0.3, 0.4) is 0 Å². The molecule has 8 heteroatoms. The second-order valence-electron chi connectivity index (χ2n) is 3.39. The summed E-state index contributed by atoms with van der Waals surface area (Å²) in [6.07, 6.45) is -4.66. The van der Waals surface area contributed by atoms with Gasteiger partial charge in [0.1, 0.15) is 0 Å². The van der Waals surface area contributed by atoms with Gasteiger partial charge in [0.2, 0.25) is 5.82 Å². The number of alkyl halides is 3. The van der Waals surface area contributed by atoms with Gasteiger partial charge in [0.25, 0.3) is 0 Å². The van der Waals surface area contributed by atoms with Crippen molar-refractivity contribution in [2.45, 2.75) is 12.8 Å². The van der Waals surface area contributed by atoms with Crippen molar-refractivity contribution in [3.8, 4) is 11.4 Å². The van der Waals surface area contributed by atoms with Crippen LogP contribution in [0.25, 0.3) is 11.4 Å². The van der Waals surface area contributed by atoms with Crippen LogP contribution in [0.5, 0.6) is 0 Å². The first-order valence-corrected chi connectivity index (χ1v) is 5.51. The van der Waals surface area contributed by atoms with Crippen LogP contribution in [0.1, 0.15) is 11.5 Å². The summed E-state index contributed by atoms with van der Waals surface area (Å²) in [6, 6.07) is 4.57. The van der Waals surface area contributed by atoms with Crippen molar-refractivity contribution in [3.63, 3.8) is 0 Å². The maximum atomic E-state index is 12.3. The van der Waals surface area contributed by atoms with E-state index in [0.29, 0.717) is 15.6 Å². The van der Waals surface area contributed by atoms with Crippen molar-refractivity contribution in [2.24, 2.45) is 0 Å². The SMILES string of the molecule is OCc1ccc(-c2noc(C(F)(F)F)n2)cc1Br.